The number of benzene rings is 2. The minimum atomic E-state index is -3.68. The summed E-state index contributed by atoms with van der Waals surface area (Å²) in [6, 6.07) is 13.0. The Hall–Kier alpha value is -1.90. The van der Waals surface area contributed by atoms with Crippen molar-refractivity contribution in [2.75, 3.05) is 18.6 Å². The molecule has 1 amide bonds. The highest BCUT2D eigenvalue weighted by Crippen LogP contribution is 2.26. The van der Waals surface area contributed by atoms with Crippen molar-refractivity contribution < 1.29 is 17.9 Å². The van der Waals surface area contributed by atoms with Crippen molar-refractivity contribution in [3.8, 4) is 5.75 Å². The molecule has 0 saturated carbocycles. The molecule has 1 fully saturated rings. The monoisotopic (exact) mass is 424 g/mol. The molecular formula is C17H17BrN2O4S. The highest BCUT2D eigenvalue weighted by atomic mass is 79.9. The van der Waals surface area contributed by atoms with E-state index in [-0.39, 0.29) is 23.8 Å². The SMILES string of the molecule is COc1cccc(N2CC(NS(=O)(=O)c3ccc(Br)cc3)CC2=O)c1. The first kappa shape index (κ1) is 17.9. The van der Waals surface area contributed by atoms with Crippen LogP contribution in [-0.4, -0.2) is 34.0 Å². The minimum absolute atomic E-state index is 0.118. The van der Waals surface area contributed by atoms with Gasteiger partial charge in [0.05, 0.1) is 12.0 Å². The average molecular weight is 425 g/mol. The standard InChI is InChI=1S/C17H17BrN2O4S/c1-24-15-4-2-3-14(10-15)20-11-13(9-17(20)21)19-25(22,23)16-7-5-12(18)6-8-16/h2-8,10,13,19H,9,11H2,1H3. The first-order chi connectivity index (χ1) is 11.9. The smallest absolute Gasteiger partial charge is 0.240 e. The molecule has 1 aliphatic heterocycles. The molecule has 1 aliphatic rings. The Morgan fingerprint density at radius 3 is 2.60 bits per heavy atom. The number of sulfonamides is 1. The molecule has 0 radical (unpaired) electrons. The van der Waals surface area contributed by atoms with Crippen molar-refractivity contribution in [1.29, 1.82) is 0 Å². The van der Waals surface area contributed by atoms with Gasteiger partial charge >= 0.3 is 0 Å². The van der Waals surface area contributed by atoms with E-state index in [1.807, 2.05) is 0 Å². The van der Waals surface area contributed by atoms with Crippen LogP contribution in [0.25, 0.3) is 0 Å². The summed E-state index contributed by atoms with van der Waals surface area (Å²) < 4.78 is 33.5. The summed E-state index contributed by atoms with van der Waals surface area (Å²) in [6.45, 7) is 0.280. The van der Waals surface area contributed by atoms with Gasteiger partial charge in [0.25, 0.3) is 0 Å². The number of amides is 1. The van der Waals surface area contributed by atoms with Gasteiger partial charge in [0.2, 0.25) is 15.9 Å². The number of carbonyl (C=O) groups is 1. The quantitative estimate of drug-likeness (QED) is 0.799. The zero-order valence-electron chi connectivity index (χ0n) is 13.5. The van der Waals surface area contributed by atoms with Gasteiger partial charge in [-0.3, -0.25) is 4.79 Å². The van der Waals surface area contributed by atoms with E-state index in [1.54, 1.807) is 48.4 Å². The maximum atomic E-state index is 12.5. The number of ether oxygens (including phenoxy) is 1. The van der Waals surface area contributed by atoms with Crippen LogP contribution in [0.3, 0.4) is 0 Å². The molecule has 2 aromatic rings. The van der Waals surface area contributed by atoms with E-state index in [0.717, 1.165) is 4.47 Å². The van der Waals surface area contributed by atoms with E-state index in [0.29, 0.717) is 11.4 Å². The lowest BCUT2D eigenvalue weighted by molar-refractivity contribution is -0.117. The van der Waals surface area contributed by atoms with Gasteiger partial charge in [-0.25, -0.2) is 13.1 Å². The molecule has 132 valence electrons. The Morgan fingerprint density at radius 1 is 1.20 bits per heavy atom. The highest BCUT2D eigenvalue weighted by Gasteiger charge is 2.33. The number of rotatable bonds is 5. The number of nitrogens with zero attached hydrogens (tertiary/aromatic N) is 1. The number of methoxy groups -OCH3 is 1. The van der Waals surface area contributed by atoms with Crippen LogP contribution >= 0.6 is 15.9 Å². The molecule has 0 aliphatic carbocycles. The van der Waals surface area contributed by atoms with Crippen LogP contribution in [0.15, 0.2) is 57.9 Å². The summed E-state index contributed by atoms with van der Waals surface area (Å²) in [5, 5.41) is 0. The maximum absolute atomic E-state index is 12.5. The van der Waals surface area contributed by atoms with Crippen LogP contribution in [0.5, 0.6) is 5.75 Å². The predicted octanol–water partition coefficient (Wildman–Crippen LogP) is 2.54. The van der Waals surface area contributed by atoms with Crippen LogP contribution in [0.4, 0.5) is 5.69 Å². The molecule has 0 aromatic heterocycles. The second-order valence-electron chi connectivity index (χ2n) is 5.68. The molecule has 1 unspecified atom stereocenters. The van der Waals surface area contributed by atoms with Gasteiger partial charge in [-0.1, -0.05) is 22.0 Å². The molecule has 3 rings (SSSR count). The van der Waals surface area contributed by atoms with E-state index in [9.17, 15) is 13.2 Å². The Bertz CT molecular complexity index is 884. The van der Waals surface area contributed by atoms with E-state index < -0.39 is 16.1 Å². The normalized spacial score (nSPS) is 17.8. The van der Waals surface area contributed by atoms with Crippen LogP contribution in [0, 0.1) is 0 Å². The molecule has 1 saturated heterocycles. The van der Waals surface area contributed by atoms with Crippen LogP contribution in [-0.2, 0) is 14.8 Å². The Morgan fingerprint density at radius 2 is 1.92 bits per heavy atom. The molecule has 0 spiro atoms. The molecule has 1 atom stereocenters. The lowest BCUT2D eigenvalue weighted by Gasteiger charge is -2.18. The van der Waals surface area contributed by atoms with E-state index in [2.05, 4.69) is 20.7 Å². The second-order valence-corrected chi connectivity index (χ2v) is 8.31. The number of halogens is 1. The minimum Gasteiger partial charge on any atom is -0.497 e. The van der Waals surface area contributed by atoms with Crippen molar-refractivity contribution in [3.05, 3.63) is 53.0 Å². The largest absolute Gasteiger partial charge is 0.497 e. The number of nitrogens with one attached hydrogen (secondary N) is 1. The molecule has 6 nitrogen and oxygen atoms in total. The fourth-order valence-corrected chi connectivity index (χ4v) is 4.21. The van der Waals surface area contributed by atoms with Gasteiger partial charge in [-0.05, 0) is 36.4 Å². The van der Waals surface area contributed by atoms with Crippen LogP contribution in [0.2, 0.25) is 0 Å². The number of carbonyl (C=O) groups excluding carboxylic acids is 1. The first-order valence-corrected chi connectivity index (χ1v) is 9.89. The summed E-state index contributed by atoms with van der Waals surface area (Å²) in [7, 11) is -2.12. The van der Waals surface area contributed by atoms with Crippen LogP contribution in [0.1, 0.15) is 6.42 Å². The van der Waals surface area contributed by atoms with Gasteiger partial charge in [0.1, 0.15) is 5.75 Å². The summed E-state index contributed by atoms with van der Waals surface area (Å²) in [6.07, 6.45) is 0.118. The van der Waals surface area contributed by atoms with Crippen molar-refractivity contribution in [2.45, 2.75) is 17.4 Å². The van der Waals surface area contributed by atoms with Gasteiger partial charge in [0.15, 0.2) is 0 Å². The lowest BCUT2D eigenvalue weighted by atomic mass is 10.3. The van der Waals surface area contributed by atoms with Crippen molar-refractivity contribution >= 4 is 37.5 Å². The molecule has 25 heavy (non-hydrogen) atoms. The van der Waals surface area contributed by atoms with Crippen molar-refractivity contribution in [2.24, 2.45) is 0 Å². The third-order valence-corrected chi connectivity index (χ3v) is 6.00. The summed E-state index contributed by atoms with van der Waals surface area (Å²) in [5.74, 6) is 0.515. The average Bonchev–Trinajstić information content (AvgIpc) is 2.95. The molecule has 8 heteroatoms. The molecule has 1 heterocycles. The van der Waals surface area contributed by atoms with E-state index >= 15 is 0 Å². The first-order valence-electron chi connectivity index (χ1n) is 7.61. The topological polar surface area (TPSA) is 75.7 Å². The fourth-order valence-electron chi connectivity index (χ4n) is 2.72. The summed E-state index contributed by atoms with van der Waals surface area (Å²) >= 11 is 3.28. The van der Waals surface area contributed by atoms with Crippen LogP contribution < -0.4 is 14.4 Å². The number of hydrogen-bond donors (Lipinski definition) is 1. The van der Waals surface area contributed by atoms with Gasteiger partial charge in [0, 0.05) is 35.2 Å². The van der Waals surface area contributed by atoms with Gasteiger partial charge in [-0.15, -0.1) is 0 Å². The third kappa shape index (κ3) is 4.02. The van der Waals surface area contributed by atoms with E-state index in [1.165, 1.54) is 12.1 Å². The van der Waals surface area contributed by atoms with Gasteiger partial charge < -0.3 is 9.64 Å². The van der Waals surface area contributed by atoms with Crippen molar-refractivity contribution in [3.63, 3.8) is 0 Å². The number of anilines is 1. The highest BCUT2D eigenvalue weighted by molar-refractivity contribution is 9.10. The molecule has 2 aromatic carbocycles. The van der Waals surface area contributed by atoms with Gasteiger partial charge in [-0.2, -0.15) is 0 Å². The fraction of sp³-hybridized carbons (Fsp3) is 0.235. The van der Waals surface area contributed by atoms with Crippen molar-refractivity contribution in [1.82, 2.24) is 4.72 Å². The second kappa shape index (κ2) is 7.15. The lowest BCUT2D eigenvalue weighted by Crippen LogP contribution is -2.37. The molecular weight excluding hydrogens is 408 g/mol. The Balaban J connectivity index is 1.75. The Kier molecular flexibility index (Phi) is 5.12. The molecule has 1 N–H and O–H groups in total. The summed E-state index contributed by atoms with van der Waals surface area (Å²) in [4.78, 5) is 14.0. The Labute approximate surface area is 155 Å². The zero-order valence-corrected chi connectivity index (χ0v) is 15.9. The summed E-state index contributed by atoms with van der Waals surface area (Å²) in [5.41, 5.74) is 0.690. The zero-order chi connectivity index (χ0) is 18.0. The van der Waals surface area contributed by atoms with E-state index in [4.69, 9.17) is 4.74 Å². The third-order valence-electron chi connectivity index (χ3n) is 3.94. The maximum Gasteiger partial charge on any atom is 0.240 e. The predicted molar refractivity (Wildman–Crippen MR) is 98.2 cm³/mol. The number of hydrogen-bond acceptors (Lipinski definition) is 4. The molecule has 0 bridgehead atoms.